The van der Waals surface area contributed by atoms with Crippen LogP contribution >= 0.6 is 23.2 Å². The number of fused-ring (bicyclic) bond motifs is 3. The lowest BCUT2D eigenvalue weighted by molar-refractivity contribution is 0.0950. The molecule has 2 aromatic carbocycles. The second-order valence-electron chi connectivity index (χ2n) is 9.64. The third-order valence-electron chi connectivity index (χ3n) is 7.42. The highest BCUT2D eigenvalue weighted by Crippen LogP contribution is 2.38. The summed E-state index contributed by atoms with van der Waals surface area (Å²) in [6.45, 7) is 10.6. The Bertz CT molecular complexity index is 1230. The van der Waals surface area contributed by atoms with Gasteiger partial charge >= 0.3 is 0 Å². The highest BCUT2D eigenvalue weighted by atomic mass is 35.5. The van der Waals surface area contributed by atoms with Gasteiger partial charge in [-0.15, -0.1) is 0 Å². The zero-order valence-electron chi connectivity index (χ0n) is 20.4. The zero-order chi connectivity index (χ0) is 24.5. The molecule has 1 amide bonds. The van der Waals surface area contributed by atoms with E-state index in [1.165, 1.54) is 11.1 Å². The number of hydrogen-bond acceptors (Lipinski definition) is 3. The molecule has 2 aliphatic rings. The smallest absolute Gasteiger partial charge is 0.253 e. The monoisotopic (exact) mass is 510 g/mol. The molecule has 3 heterocycles. The maximum absolute atomic E-state index is 13.0. The molecular formula is C28H32Cl2N4O. The van der Waals surface area contributed by atoms with E-state index in [4.69, 9.17) is 23.2 Å². The lowest BCUT2D eigenvalue weighted by Gasteiger charge is -2.36. The van der Waals surface area contributed by atoms with E-state index in [0.29, 0.717) is 22.5 Å². The first kappa shape index (κ1) is 24.2. The molecule has 1 unspecified atom stereocenters. The maximum atomic E-state index is 13.0. The number of benzene rings is 2. The molecule has 7 heteroatoms. The number of amides is 1. The highest BCUT2D eigenvalue weighted by molar-refractivity contribution is 6.43. The first-order valence-electron chi connectivity index (χ1n) is 12.4. The SMILES string of the molecule is Cc1c(C(=O)NCCCN2CCN(c3cccc(Cl)c3Cl)CC2)cc2n1CC(C)c1ccccc1-2. The van der Waals surface area contributed by atoms with Crippen molar-refractivity contribution in [2.24, 2.45) is 0 Å². The predicted molar refractivity (Wildman–Crippen MR) is 145 cm³/mol. The van der Waals surface area contributed by atoms with Gasteiger partial charge in [-0.3, -0.25) is 9.69 Å². The lowest BCUT2D eigenvalue weighted by Crippen LogP contribution is -2.47. The minimum atomic E-state index is 0.0231. The quantitative estimate of drug-likeness (QED) is 0.424. The van der Waals surface area contributed by atoms with E-state index in [1.807, 2.05) is 18.2 Å². The number of piperazine rings is 1. The standard InChI is InChI=1S/C28H32Cl2N4O/c1-19-18-34-20(2)23(17-26(34)22-8-4-3-7-21(19)22)28(35)31-11-6-12-32-13-15-33(16-14-32)25-10-5-9-24(29)27(25)30/h3-5,7-10,17,19H,6,11-16,18H2,1-2H3,(H,31,35). The van der Waals surface area contributed by atoms with Crippen molar-refractivity contribution in [2.45, 2.75) is 32.7 Å². The average Bonchev–Trinajstić information content (AvgIpc) is 3.20. The van der Waals surface area contributed by atoms with Gasteiger partial charge in [-0.1, -0.05) is 60.5 Å². The van der Waals surface area contributed by atoms with Crippen molar-refractivity contribution in [3.05, 3.63) is 75.4 Å². The van der Waals surface area contributed by atoms with E-state index in [2.05, 4.69) is 63.9 Å². The number of rotatable bonds is 6. The lowest BCUT2D eigenvalue weighted by atomic mass is 9.91. The first-order chi connectivity index (χ1) is 16.9. The van der Waals surface area contributed by atoms with Crippen LogP contribution in [0.25, 0.3) is 11.3 Å². The summed E-state index contributed by atoms with van der Waals surface area (Å²) in [4.78, 5) is 17.8. The fraction of sp³-hybridized carbons (Fsp3) is 0.393. The van der Waals surface area contributed by atoms with Crippen LogP contribution in [0.3, 0.4) is 0 Å². The van der Waals surface area contributed by atoms with E-state index < -0.39 is 0 Å². The molecule has 0 bridgehead atoms. The molecule has 0 spiro atoms. The Labute approximate surface area is 217 Å². The number of carbonyl (C=O) groups is 1. The number of hydrogen-bond donors (Lipinski definition) is 1. The second-order valence-corrected chi connectivity index (χ2v) is 10.4. The van der Waals surface area contributed by atoms with Gasteiger partial charge in [0.1, 0.15) is 0 Å². The fourth-order valence-electron chi connectivity index (χ4n) is 5.41. The Kier molecular flexibility index (Phi) is 7.10. The van der Waals surface area contributed by atoms with Crippen molar-refractivity contribution in [3.63, 3.8) is 0 Å². The molecule has 1 aromatic heterocycles. The predicted octanol–water partition coefficient (Wildman–Crippen LogP) is 5.83. The summed E-state index contributed by atoms with van der Waals surface area (Å²) in [7, 11) is 0. The van der Waals surface area contributed by atoms with E-state index in [0.717, 1.165) is 68.3 Å². The van der Waals surface area contributed by atoms with E-state index >= 15 is 0 Å². The van der Waals surface area contributed by atoms with Gasteiger partial charge in [0.05, 0.1) is 21.3 Å². The van der Waals surface area contributed by atoms with Gasteiger partial charge in [-0.2, -0.15) is 0 Å². The van der Waals surface area contributed by atoms with Crippen molar-refractivity contribution < 1.29 is 4.79 Å². The Morgan fingerprint density at radius 1 is 1.06 bits per heavy atom. The third-order valence-corrected chi connectivity index (χ3v) is 8.23. The molecule has 2 aliphatic heterocycles. The van der Waals surface area contributed by atoms with Gasteiger partial charge in [-0.25, -0.2) is 0 Å². The summed E-state index contributed by atoms with van der Waals surface area (Å²) >= 11 is 12.6. The minimum Gasteiger partial charge on any atom is -0.368 e. The van der Waals surface area contributed by atoms with Gasteiger partial charge in [0.15, 0.2) is 0 Å². The summed E-state index contributed by atoms with van der Waals surface area (Å²) in [6, 6.07) is 16.4. The molecule has 1 saturated heterocycles. The normalized spacial score (nSPS) is 17.7. The molecule has 1 fully saturated rings. The number of aromatic nitrogens is 1. The van der Waals surface area contributed by atoms with Gasteiger partial charge in [0, 0.05) is 56.2 Å². The molecule has 0 saturated carbocycles. The molecule has 35 heavy (non-hydrogen) atoms. The summed E-state index contributed by atoms with van der Waals surface area (Å²) in [5, 5.41) is 4.38. The fourth-order valence-corrected chi connectivity index (χ4v) is 5.83. The van der Waals surface area contributed by atoms with Crippen molar-refractivity contribution in [1.82, 2.24) is 14.8 Å². The largest absolute Gasteiger partial charge is 0.368 e. The number of carbonyl (C=O) groups excluding carboxylic acids is 1. The Balaban J connectivity index is 1.12. The van der Waals surface area contributed by atoms with Crippen LogP contribution in [0.1, 0.15) is 40.9 Å². The minimum absolute atomic E-state index is 0.0231. The molecular weight excluding hydrogens is 479 g/mol. The second kappa shape index (κ2) is 10.3. The van der Waals surface area contributed by atoms with E-state index in [1.54, 1.807) is 0 Å². The molecule has 0 radical (unpaired) electrons. The molecule has 1 N–H and O–H groups in total. The summed E-state index contributed by atoms with van der Waals surface area (Å²) < 4.78 is 2.30. The van der Waals surface area contributed by atoms with E-state index in [9.17, 15) is 4.79 Å². The number of anilines is 1. The van der Waals surface area contributed by atoms with Crippen molar-refractivity contribution in [2.75, 3.05) is 44.2 Å². The summed E-state index contributed by atoms with van der Waals surface area (Å²) in [5.74, 6) is 0.464. The Morgan fingerprint density at radius 2 is 1.83 bits per heavy atom. The molecule has 5 nitrogen and oxygen atoms in total. The third kappa shape index (κ3) is 4.82. The van der Waals surface area contributed by atoms with Crippen LogP contribution in [0, 0.1) is 6.92 Å². The number of halogens is 2. The van der Waals surface area contributed by atoms with Crippen LogP contribution in [-0.4, -0.2) is 54.6 Å². The number of nitrogens with one attached hydrogen (secondary N) is 1. The first-order valence-corrected chi connectivity index (χ1v) is 13.2. The summed E-state index contributed by atoms with van der Waals surface area (Å²) in [6.07, 6.45) is 0.927. The number of nitrogens with zero attached hydrogens (tertiary/aromatic N) is 3. The molecule has 3 aromatic rings. The Hall–Kier alpha value is -2.47. The average molecular weight is 511 g/mol. The van der Waals surface area contributed by atoms with Crippen LogP contribution < -0.4 is 10.2 Å². The molecule has 5 rings (SSSR count). The molecule has 184 valence electrons. The van der Waals surface area contributed by atoms with Gasteiger partial charge in [0.2, 0.25) is 0 Å². The van der Waals surface area contributed by atoms with Crippen LogP contribution in [0.4, 0.5) is 5.69 Å². The van der Waals surface area contributed by atoms with E-state index in [-0.39, 0.29) is 5.91 Å². The van der Waals surface area contributed by atoms with Crippen LogP contribution in [0.5, 0.6) is 0 Å². The molecule has 0 aliphatic carbocycles. The zero-order valence-corrected chi connectivity index (χ0v) is 21.9. The highest BCUT2D eigenvalue weighted by Gasteiger charge is 2.26. The van der Waals surface area contributed by atoms with Crippen molar-refractivity contribution >= 4 is 34.8 Å². The molecule has 1 atom stereocenters. The Morgan fingerprint density at radius 3 is 2.63 bits per heavy atom. The van der Waals surface area contributed by atoms with Gasteiger partial charge < -0.3 is 14.8 Å². The van der Waals surface area contributed by atoms with Crippen molar-refractivity contribution in [3.8, 4) is 11.3 Å². The van der Waals surface area contributed by atoms with Crippen molar-refractivity contribution in [1.29, 1.82) is 0 Å². The topological polar surface area (TPSA) is 40.5 Å². The van der Waals surface area contributed by atoms with Crippen LogP contribution in [0.2, 0.25) is 10.0 Å². The van der Waals surface area contributed by atoms with Gasteiger partial charge in [0.25, 0.3) is 5.91 Å². The van der Waals surface area contributed by atoms with Gasteiger partial charge in [-0.05, 0) is 49.6 Å². The summed E-state index contributed by atoms with van der Waals surface area (Å²) in [5.41, 5.74) is 6.60. The van der Waals surface area contributed by atoms with Crippen LogP contribution in [0.15, 0.2) is 48.5 Å². The maximum Gasteiger partial charge on any atom is 0.253 e. The van der Waals surface area contributed by atoms with Crippen LogP contribution in [-0.2, 0) is 6.54 Å².